The van der Waals surface area contributed by atoms with E-state index < -0.39 is 21.0 Å². The summed E-state index contributed by atoms with van der Waals surface area (Å²) < 4.78 is 22.6. The van der Waals surface area contributed by atoms with Crippen LogP contribution in [-0.4, -0.2) is 37.9 Å². The van der Waals surface area contributed by atoms with Crippen molar-refractivity contribution in [2.75, 3.05) is 16.9 Å². The Bertz CT molecular complexity index is 666. The Labute approximate surface area is 129 Å². The van der Waals surface area contributed by atoms with Crippen molar-refractivity contribution in [3.8, 4) is 0 Å². The molecular formula is C14H19N3O4S. The van der Waals surface area contributed by atoms with Crippen molar-refractivity contribution in [2.24, 2.45) is 0 Å². The number of carbonyl (C=O) groups excluding carboxylic acids is 2. The first-order valence-corrected chi connectivity index (χ1v) is 8.88. The third-order valence-electron chi connectivity index (χ3n) is 3.33. The van der Waals surface area contributed by atoms with E-state index in [0.29, 0.717) is 11.4 Å². The summed E-state index contributed by atoms with van der Waals surface area (Å²) in [7, 11) is -3.43. The van der Waals surface area contributed by atoms with Crippen LogP contribution in [0.2, 0.25) is 0 Å². The summed E-state index contributed by atoms with van der Waals surface area (Å²) in [5.41, 5.74) is 1.06. The molecule has 0 aromatic heterocycles. The number of anilines is 2. The highest BCUT2D eigenvalue weighted by atomic mass is 32.2. The summed E-state index contributed by atoms with van der Waals surface area (Å²) in [4.78, 5) is 23.3. The van der Waals surface area contributed by atoms with Gasteiger partial charge in [-0.2, -0.15) is 0 Å². The fraction of sp³-hybridized carbons (Fsp3) is 0.429. The Morgan fingerprint density at radius 1 is 1.09 bits per heavy atom. The van der Waals surface area contributed by atoms with Gasteiger partial charge in [0.05, 0.1) is 0 Å². The van der Waals surface area contributed by atoms with Crippen LogP contribution in [0.5, 0.6) is 0 Å². The first-order chi connectivity index (χ1) is 10.3. The highest BCUT2D eigenvalue weighted by Crippen LogP contribution is 2.19. The Morgan fingerprint density at radius 3 is 2.05 bits per heavy atom. The molecule has 1 aliphatic carbocycles. The van der Waals surface area contributed by atoms with Crippen LogP contribution in [0.1, 0.15) is 19.8 Å². The maximum Gasteiger partial charge on any atom is 0.319 e. The molecule has 0 aliphatic heterocycles. The predicted molar refractivity (Wildman–Crippen MR) is 84.6 cm³/mol. The van der Waals surface area contributed by atoms with Crippen LogP contribution >= 0.6 is 0 Å². The van der Waals surface area contributed by atoms with Crippen LogP contribution in [0.3, 0.4) is 0 Å². The van der Waals surface area contributed by atoms with E-state index in [2.05, 4.69) is 16.0 Å². The van der Waals surface area contributed by atoms with Crippen LogP contribution in [0.15, 0.2) is 24.3 Å². The van der Waals surface area contributed by atoms with E-state index in [1.54, 1.807) is 24.3 Å². The molecule has 0 spiro atoms. The zero-order valence-electron chi connectivity index (χ0n) is 12.4. The predicted octanol–water partition coefficient (Wildman–Crippen LogP) is 1.34. The van der Waals surface area contributed by atoms with E-state index >= 15 is 0 Å². The molecule has 0 unspecified atom stereocenters. The van der Waals surface area contributed by atoms with Gasteiger partial charge in [0, 0.05) is 23.7 Å². The van der Waals surface area contributed by atoms with Gasteiger partial charge in [-0.05, 0) is 44.0 Å². The smallest absolute Gasteiger partial charge is 0.319 e. The quantitative estimate of drug-likeness (QED) is 0.760. The minimum atomic E-state index is -3.43. The van der Waals surface area contributed by atoms with Gasteiger partial charge in [0.2, 0.25) is 5.91 Å². The lowest BCUT2D eigenvalue weighted by atomic mass is 10.2. The second-order valence-electron chi connectivity index (χ2n) is 5.41. The minimum Gasteiger partial charge on any atom is -0.335 e. The van der Waals surface area contributed by atoms with Crippen molar-refractivity contribution >= 4 is 33.2 Å². The Kier molecular flexibility index (Phi) is 4.70. The van der Waals surface area contributed by atoms with Crippen LogP contribution in [-0.2, 0) is 14.6 Å². The van der Waals surface area contributed by atoms with Crippen molar-refractivity contribution in [2.45, 2.75) is 31.1 Å². The Morgan fingerprint density at radius 2 is 1.59 bits per heavy atom. The van der Waals surface area contributed by atoms with Crippen molar-refractivity contribution in [3.05, 3.63) is 24.3 Å². The lowest BCUT2D eigenvalue weighted by Crippen LogP contribution is -2.31. The number of nitrogens with one attached hydrogen (secondary N) is 3. The number of carbonyl (C=O) groups is 2. The molecule has 22 heavy (non-hydrogen) atoms. The van der Waals surface area contributed by atoms with Gasteiger partial charge >= 0.3 is 6.03 Å². The fourth-order valence-corrected chi connectivity index (χ4v) is 2.10. The largest absolute Gasteiger partial charge is 0.335 e. The summed E-state index contributed by atoms with van der Waals surface area (Å²) in [6.45, 7) is 1.34. The maximum atomic E-state index is 11.8. The van der Waals surface area contributed by atoms with Crippen LogP contribution in [0, 0.1) is 0 Å². The number of rotatable bonds is 5. The van der Waals surface area contributed by atoms with Gasteiger partial charge in [-0.25, -0.2) is 13.2 Å². The van der Waals surface area contributed by atoms with E-state index in [1.807, 2.05) is 0 Å². The van der Waals surface area contributed by atoms with Gasteiger partial charge < -0.3 is 16.0 Å². The van der Waals surface area contributed by atoms with E-state index in [4.69, 9.17) is 0 Å². The standard InChI is InChI=1S/C14H19N3O4S/c1-9(22(2,20)21)13(18)15-10-3-5-11(6-4-10)16-14(19)17-12-7-8-12/h3-6,9,12H,7-8H2,1-2H3,(H,15,18)(H2,16,17,19)/t9-/m0/s1. The highest BCUT2D eigenvalue weighted by molar-refractivity contribution is 7.92. The average molecular weight is 325 g/mol. The SMILES string of the molecule is C[C@@H](C(=O)Nc1ccc(NC(=O)NC2CC2)cc1)S(C)(=O)=O. The molecule has 2 rings (SSSR count). The number of benzene rings is 1. The van der Waals surface area contributed by atoms with Crippen molar-refractivity contribution < 1.29 is 18.0 Å². The number of amides is 3. The lowest BCUT2D eigenvalue weighted by molar-refractivity contribution is -0.115. The fourth-order valence-electron chi connectivity index (χ4n) is 1.66. The van der Waals surface area contributed by atoms with Crippen molar-refractivity contribution in [1.29, 1.82) is 0 Å². The summed E-state index contributed by atoms with van der Waals surface area (Å²) in [6, 6.07) is 6.47. The third-order valence-corrected chi connectivity index (χ3v) is 4.83. The van der Waals surface area contributed by atoms with Gasteiger partial charge in [0.25, 0.3) is 0 Å². The van der Waals surface area contributed by atoms with Crippen LogP contribution in [0.25, 0.3) is 0 Å². The molecule has 1 fully saturated rings. The van der Waals surface area contributed by atoms with Crippen molar-refractivity contribution in [3.63, 3.8) is 0 Å². The molecule has 1 aromatic rings. The van der Waals surface area contributed by atoms with Gasteiger partial charge in [0.15, 0.2) is 9.84 Å². The Balaban J connectivity index is 1.91. The topological polar surface area (TPSA) is 104 Å². The minimum absolute atomic E-state index is 0.259. The van der Waals surface area contributed by atoms with E-state index in [-0.39, 0.29) is 12.1 Å². The molecule has 1 saturated carbocycles. The molecule has 120 valence electrons. The number of urea groups is 1. The third kappa shape index (κ3) is 4.73. The molecule has 7 nitrogen and oxygen atoms in total. The monoisotopic (exact) mass is 325 g/mol. The van der Waals surface area contributed by atoms with E-state index in [1.165, 1.54) is 6.92 Å². The molecule has 0 saturated heterocycles. The summed E-state index contributed by atoms with van der Waals surface area (Å²) in [6.07, 6.45) is 3.04. The zero-order valence-corrected chi connectivity index (χ0v) is 13.2. The highest BCUT2D eigenvalue weighted by Gasteiger charge is 2.24. The van der Waals surface area contributed by atoms with Gasteiger partial charge in [-0.1, -0.05) is 0 Å². The first kappa shape index (κ1) is 16.3. The molecular weight excluding hydrogens is 306 g/mol. The summed E-state index contributed by atoms with van der Waals surface area (Å²) in [5.74, 6) is -0.588. The molecule has 0 bridgehead atoms. The van der Waals surface area contributed by atoms with Crippen LogP contribution < -0.4 is 16.0 Å². The molecule has 3 amide bonds. The first-order valence-electron chi connectivity index (χ1n) is 6.93. The van der Waals surface area contributed by atoms with E-state index in [9.17, 15) is 18.0 Å². The van der Waals surface area contributed by atoms with Gasteiger partial charge in [0.1, 0.15) is 5.25 Å². The molecule has 1 aromatic carbocycles. The lowest BCUT2D eigenvalue weighted by Gasteiger charge is -2.11. The molecule has 3 N–H and O–H groups in total. The molecule has 0 radical (unpaired) electrons. The average Bonchev–Trinajstić information content (AvgIpc) is 3.22. The molecule has 1 atom stereocenters. The zero-order chi connectivity index (χ0) is 16.3. The summed E-state index contributed by atoms with van der Waals surface area (Å²) >= 11 is 0. The second kappa shape index (κ2) is 6.35. The van der Waals surface area contributed by atoms with Gasteiger partial charge in [-0.3, -0.25) is 4.79 Å². The van der Waals surface area contributed by atoms with Gasteiger partial charge in [-0.15, -0.1) is 0 Å². The van der Waals surface area contributed by atoms with Crippen LogP contribution in [0.4, 0.5) is 16.2 Å². The Hall–Kier alpha value is -2.09. The maximum absolute atomic E-state index is 11.8. The van der Waals surface area contributed by atoms with Crippen molar-refractivity contribution in [1.82, 2.24) is 5.32 Å². The molecule has 1 aliphatic rings. The number of sulfone groups is 1. The number of hydrogen-bond acceptors (Lipinski definition) is 4. The van der Waals surface area contributed by atoms with E-state index in [0.717, 1.165) is 19.1 Å². The molecule has 0 heterocycles. The summed E-state index contributed by atoms with van der Waals surface area (Å²) in [5, 5.41) is 6.88. The normalized spacial score (nSPS) is 15.7. The molecule has 8 heteroatoms. The second-order valence-corrected chi connectivity index (χ2v) is 7.78. The number of hydrogen-bond donors (Lipinski definition) is 3.